The van der Waals surface area contributed by atoms with E-state index in [9.17, 15) is 9.59 Å². The number of esters is 1. The lowest BCUT2D eigenvalue weighted by molar-refractivity contribution is 0.0541. The minimum absolute atomic E-state index is 0.388. The van der Waals surface area contributed by atoms with Gasteiger partial charge in [-0.05, 0) is 33.8 Å². The molecule has 1 aromatic carbocycles. The number of carbonyl (C=O) groups is 2. The van der Waals surface area contributed by atoms with Gasteiger partial charge in [0, 0.05) is 11.1 Å². The standard InChI is InChI=1S/C16H19NO4/c1-10-13(14(18)20-5)11-8-6-7-9-12(11)17(10)15(19)21-16(2,3)4/h6-9H,1-5H3. The van der Waals surface area contributed by atoms with Gasteiger partial charge in [0.05, 0.1) is 18.2 Å². The van der Waals surface area contributed by atoms with Crippen LogP contribution in [0, 0.1) is 6.92 Å². The van der Waals surface area contributed by atoms with E-state index in [2.05, 4.69) is 0 Å². The van der Waals surface area contributed by atoms with Crippen molar-refractivity contribution in [2.45, 2.75) is 33.3 Å². The van der Waals surface area contributed by atoms with Crippen LogP contribution in [0.25, 0.3) is 10.9 Å². The lowest BCUT2D eigenvalue weighted by atomic mass is 10.1. The summed E-state index contributed by atoms with van der Waals surface area (Å²) in [7, 11) is 1.32. The highest BCUT2D eigenvalue weighted by atomic mass is 16.6. The molecule has 0 amide bonds. The fourth-order valence-electron chi connectivity index (χ4n) is 2.27. The molecule has 0 aliphatic heterocycles. The first kappa shape index (κ1) is 15.1. The molecule has 0 spiro atoms. The second kappa shape index (κ2) is 5.24. The molecule has 2 aromatic rings. The molecule has 0 saturated carbocycles. The van der Waals surface area contributed by atoms with Crippen LogP contribution in [0.15, 0.2) is 24.3 Å². The SMILES string of the molecule is COC(=O)c1c(C)n(C(=O)OC(C)(C)C)c2ccccc12. The highest BCUT2D eigenvalue weighted by Crippen LogP contribution is 2.27. The third kappa shape index (κ3) is 2.77. The van der Waals surface area contributed by atoms with Crippen molar-refractivity contribution in [2.75, 3.05) is 7.11 Å². The maximum atomic E-state index is 12.4. The largest absolute Gasteiger partial charge is 0.465 e. The molecule has 2 rings (SSSR count). The number of hydrogen-bond donors (Lipinski definition) is 0. The number of hydrogen-bond acceptors (Lipinski definition) is 4. The summed E-state index contributed by atoms with van der Waals surface area (Å²) in [6.45, 7) is 7.10. The van der Waals surface area contributed by atoms with Crippen LogP contribution in [0.2, 0.25) is 0 Å². The van der Waals surface area contributed by atoms with Gasteiger partial charge in [0.2, 0.25) is 0 Å². The van der Waals surface area contributed by atoms with Crippen LogP contribution in [0.3, 0.4) is 0 Å². The van der Waals surface area contributed by atoms with Crippen LogP contribution >= 0.6 is 0 Å². The second-order valence-electron chi connectivity index (χ2n) is 5.78. The van der Waals surface area contributed by atoms with Crippen molar-refractivity contribution < 1.29 is 19.1 Å². The van der Waals surface area contributed by atoms with Gasteiger partial charge in [0.15, 0.2) is 0 Å². The van der Waals surface area contributed by atoms with E-state index < -0.39 is 17.7 Å². The molecule has 0 atom stereocenters. The quantitative estimate of drug-likeness (QED) is 0.754. The molecule has 1 aromatic heterocycles. The summed E-state index contributed by atoms with van der Waals surface area (Å²) in [5, 5.41) is 0.674. The van der Waals surface area contributed by atoms with Crippen molar-refractivity contribution in [3.8, 4) is 0 Å². The molecule has 0 saturated heterocycles. The van der Waals surface area contributed by atoms with E-state index in [1.807, 2.05) is 12.1 Å². The number of benzene rings is 1. The van der Waals surface area contributed by atoms with Crippen LogP contribution < -0.4 is 0 Å². The average Bonchev–Trinajstić information content (AvgIpc) is 2.68. The number of nitrogens with zero attached hydrogens (tertiary/aromatic N) is 1. The Hall–Kier alpha value is -2.30. The molecule has 0 aliphatic carbocycles. The number of rotatable bonds is 1. The monoisotopic (exact) mass is 289 g/mol. The smallest absolute Gasteiger partial charge is 0.419 e. The minimum atomic E-state index is -0.611. The predicted octanol–water partition coefficient (Wildman–Crippen LogP) is 3.52. The van der Waals surface area contributed by atoms with Gasteiger partial charge in [-0.1, -0.05) is 18.2 Å². The van der Waals surface area contributed by atoms with E-state index >= 15 is 0 Å². The maximum Gasteiger partial charge on any atom is 0.419 e. The molecule has 5 nitrogen and oxygen atoms in total. The van der Waals surface area contributed by atoms with Crippen molar-refractivity contribution in [3.63, 3.8) is 0 Å². The maximum absolute atomic E-state index is 12.4. The molecule has 112 valence electrons. The van der Waals surface area contributed by atoms with Crippen LogP contribution in [0.5, 0.6) is 0 Å². The Kier molecular flexibility index (Phi) is 3.77. The Morgan fingerprint density at radius 2 is 1.76 bits per heavy atom. The Balaban J connectivity index is 2.67. The highest BCUT2D eigenvalue weighted by molar-refractivity contribution is 6.08. The summed E-state index contributed by atoms with van der Waals surface area (Å²) in [6, 6.07) is 7.19. The molecule has 21 heavy (non-hydrogen) atoms. The van der Waals surface area contributed by atoms with E-state index in [1.54, 1.807) is 39.8 Å². The van der Waals surface area contributed by atoms with E-state index in [4.69, 9.17) is 9.47 Å². The first-order valence-electron chi connectivity index (χ1n) is 6.68. The average molecular weight is 289 g/mol. The zero-order chi connectivity index (χ0) is 15.8. The van der Waals surface area contributed by atoms with Gasteiger partial charge in [-0.3, -0.25) is 0 Å². The van der Waals surface area contributed by atoms with Gasteiger partial charge in [0.25, 0.3) is 0 Å². The Labute approximate surface area is 123 Å². The van der Waals surface area contributed by atoms with Gasteiger partial charge in [-0.2, -0.15) is 0 Å². The molecule has 1 heterocycles. The minimum Gasteiger partial charge on any atom is -0.465 e. The lowest BCUT2D eigenvalue weighted by Gasteiger charge is -2.20. The Morgan fingerprint density at radius 3 is 2.33 bits per heavy atom. The van der Waals surface area contributed by atoms with Gasteiger partial charge in [-0.15, -0.1) is 0 Å². The van der Waals surface area contributed by atoms with Crippen molar-refractivity contribution in [2.24, 2.45) is 0 Å². The van der Waals surface area contributed by atoms with E-state index in [0.717, 1.165) is 0 Å². The summed E-state index contributed by atoms with van der Waals surface area (Å²) in [6.07, 6.45) is -0.508. The van der Waals surface area contributed by atoms with Crippen LogP contribution in [-0.2, 0) is 9.47 Å². The molecule has 0 bridgehead atoms. The summed E-state index contributed by atoms with van der Waals surface area (Å²) in [5.41, 5.74) is 0.918. The molecule has 5 heteroatoms. The van der Waals surface area contributed by atoms with Crippen LogP contribution in [-0.4, -0.2) is 29.3 Å². The molecular formula is C16H19NO4. The fraction of sp³-hybridized carbons (Fsp3) is 0.375. The van der Waals surface area contributed by atoms with E-state index in [-0.39, 0.29) is 0 Å². The van der Waals surface area contributed by atoms with Gasteiger partial charge < -0.3 is 9.47 Å². The van der Waals surface area contributed by atoms with E-state index in [1.165, 1.54) is 11.7 Å². The summed E-state index contributed by atoms with van der Waals surface area (Å²) in [5.74, 6) is -0.467. The Bertz CT molecular complexity index is 707. The third-order valence-electron chi connectivity index (χ3n) is 3.08. The number of aromatic nitrogens is 1. The fourth-order valence-corrected chi connectivity index (χ4v) is 2.27. The van der Waals surface area contributed by atoms with Crippen LogP contribution in [0.1, 0.15) is 36.8 Å². The molecule has 0 N–H and O–H groups in total. The van der Waals surface area contributed by atoms with Gasteiger partial charge in [-0.25, -0.2) is 14.2 Å². The summed E-state index contributed by atoms with van der Waals surface area (Å²) in [4.78, 5) is 24.4. The zero-order valence-corrected chi connectivity index (χ0v) is 12.9. The topological polar surface area (TPSA) is 57.5 Å². The zero-order valence-electron chi connectivity index (χ0n) is 12.9. The molecule has 0 fully saturated rings. The second-order valence-corrected chi connectivity index (χ2v) is 5.78. The first-order valence-corrected chi connectivity index (χ1v) is 6.68. The number of methoxy groups -OCH3 is 1. The Morgan fingerprint density at radius 1 is 1.14 bits per heavy atom. The number of carbonyl (C=O) groups excluding carboxylic acids is 2. The van der Waals surface area contributed by atoms with Crippen molar-refractivity contribution >= 4 is 23.0 Å². The first-order chi connectivity index (χ1) is 9.76. The van der Waals surface area contributed by atoms with Gasteiger partial charge in [0.1, 0.15) is 5.60 Å². The normalized spacial score (nSPS) is 11.5. The van der Waals surface area contributed by atoms with Crippen molar-refractivity contribution in [1.82, 2.24) is 4.57 Å². The summed E-state index contributed by atoms with van der Waals surface area (Å²) >= 11 is 0. The summed E-state index contributed by atoms with van der Waals surface area (Å²) < 4.78 is 11.6. The van der Waals surface area contributed by atoms with E-state index in [0.29, 0.717) is 22.2 Å². The van der Waals surface area contributed by atoms with Crippen molar-refractivity contribution in [1.29, 1.82) is 0 Å². The number of fused-ring (bicyclic) bond motifs is 1. The predicted molar refractivity (Wildman–Crippen MR) is 79.6 cm³/mol. The van der Waals surface area contributed by atoms with Gasteiger partial charge >= 0.3 is 12.1 Å². The molecule has 0 radical (unpaired) electrons. The number of ether oxygens (including phenoxy) is 2. The molecule has 0 unspecified atom stereocenters. The third-order valence-corrected chi connectivity index (χ3v) is 3.08. The number of para-hydroxylation sites is 1. The van der Waals surface area contributed by atoms with Crippen molar-refractivity contribution in [3.05, 3.63) is 35.5 Å². The molecule has 0 aliphatic rings. The van der Waals surface area contributed by atoms with Crippen LogP contribution in [0.4, 0.5) is 4.79 Å². The lowest BCUT2D eigenvalue weighted by Crippen LogP contribution is -2.27. The molecular weight excluding hydrogens is 270 g/mol. The highest BCUT2D eigenvalue weighted by Gasteiger charge is 2.26.